The summed E-state index contributed by atoms with van der Waals surface area (Å²) in [7, 11) is 1.66. The summed E-state index contributed by atoms with van der Waals surface area (Å²) in [6.07, 6.45) is 3.19. The van der Waals surface area contributed by atoms with Gasteiger partial charge >= 0.3 is 0 Å². The lowest BCUT2D eigenvalue weighted by atomic mass is 9.91. The summed E-state index contributed by atoms with van der Waals surface area (Å²) in [6, 6.07) is 12.8. The van der Waals surface area contributed by atoms with Crippen LogP contribution >= 0.6 is 11.5 Å². The lowest BCUT2D eigenvalue weighted by Gasteiger charge is -2.31. The number of hydrogen-bond donors (Lipinski definition) is 0. The van der Waals surface area contributed by atoms with E-state index in [0.717, 1.165) is 66.2 Å². The number of piperidine rings is 1. The molecule has 6 heteroatoms. The van der Waals surface area contributed by atoms with Crippen LogP contribution in [0.3, 0.4) is 0 Å². The van der Waals surface area contributed by atoms with Gasteiger partial charge in [-0.3, -0.25) is 0 Å². The maximum Gasteiger partial charge on any atom is 0.161 e. The Bertz CT molecular complexity index is 922. The quantitative estimate of drug-likeness (QED) is 0.517. The molecule has 1 fully saturated rings. The van der Waals surface area contributed by atoms with Gasteiger partial charge in [0.05, 0.1) is 24.1 Å². The first-order valence-corrected chi connectivity index (χ1v) is 10.5. The van der Waals surface area contributed by atoms with Crippen molar-refractivity contribution in [3.8, 4) is 11.5 Å². The van der Waals surface area contributed by atoms with Crippen LogP contribution in [0.1, 0.15) is 30.9 Å². The Labute approximate surface area is 169 Å². The molecule has 0 spiro atoms. The molecule has 0 atom stereocenters. The zero-order chi connectivity index (χ0) is 19.3. The number of hydrogen-bond acceptors (Lipinski definition) is 5. The molecule has 0 N–H and O–H groups in total. The fourth-order valence-electron chi connectivity index (χ4n) is 3.86. The molecule has 4 nitrogen and oxygen atoms in total. The number of para-hydroxylation sites is 2. The van der Waals surface area contributed by atoms with E-state index in [9.17, 15) is 4.39 Å². The van der Waals surface area contributed by atoms with Gasteiger partial charge in [-0.1, -0.05) is 12.1 Å². The maximum atomic E-state index is 13.4. The molecule has 0 saturated carbocycles. The molecule has 2 heterocycles. The minimum absolute atomic E-state index is 0.187. The first-order chi connectivity index (χ1) is 13.7. The number of likely N-dealkylation sites (tertiary alicyclic amines) is 1. The average Bonchev–Trinajstić information content (AvgIpc) is 3.15. The van der Waals surface area contributed by atoms with Crippen molar-refractivity contribution in [2.45, 2.75) is 25.2 Å². The van der Waals surface area contributed by atoms with Crippen molar-refractivity contribution >= 4 is 21.6 Å². The van der Waals surface area contributed by atoms with Crippen LogP contribution in [0.15, 0.2) is 42.5 Å². The van der Waals surface area contributed by atoms with E-state index >= 15 is 0 Å². The molecule has 0 unspecified atom stereocenters. The topological polar surface area (TPSA) is 34.6 Å². The second-order valence-corrected chi connectivity index (χ2v) is 7.98. The number of methoxy groups -OCH3 is 1. The molecule has 1 aliphatic heterocycles. The molecule has 2 aromatic carbocycles. The van der Waals surface area contributed by atoms with E-state index in [4.69, 9.17) is 9.47 Å². The number of benzene rings is 2. The zero-order valence-electron chi connectivity index (χ0n) is 16.1. The third-order valence-electron chi connectivity index (χ3n) is 5.38. The summed E-state index contributed by atoms with van der Waals surface area (Å²) < 4.78 is 30.2. The fraction of sp³-hybridized carbons (Fsp3) is 0.409. The predicted molar refractivity (Wildman–Crippen MR) is 111 cm³/mol. The summed E-state index contributed by atoms with van der Waals surface area (Å²) in [5.41, 5.74) is 1.15. The highest BCUT2D eigenvalue weighted by atomic mass is 32.1. The minimum Gasteiger partial charge on any atom is -0.493 e. The number of rotatable bonds is 7. The normalized spacial score (nSPS) is 15.8. The maximum absolute atomic E-state index is 13.4. The van der Waals surface area contributed by atoms with Gasteiger partial charge in [0.25, 0.3) is 0 Å². The SMILES string of the molecule is COc1ccccc1OCCCN1CCC(c2nsc3cc(F)ccc23)CC1. The number of fused-ring (bicyclic) bond motifs is 1. The molecule has 1 aromatic heterocycles. The second kappa shape index (κ2) is 8.88. The Hall–Kier alpha value is -2.18. The van der Waals surface area contributed by atoms with Gasteiger partial charge in [-0.15, -0.1) is 0 Å². The smallest absolute Gasteiger partial charge is 0.161 e. The van der Waals surface area contributed by atoms with Crippen LogP contribution in [0, 0.1) is 5.82 Å². The van der Waals surface area contributed by atoms with E-state index < -0.39 is 0 Å². The van der Waals surface area contributed by atoms with E-state index in [-0.39, 0.29) is 5.82 Å². The van der Waals surface area contributed by atoms with Crippen LogP contribution < -0.4 is 9.47 Å². The highest BCUT2D eigenvalue weighted by molar-refractivity contribution is 7.13. The van der Waals surface area contributed by atoms with Gasteiger partial charge in [0.15, 0.2) is 11.5 Å². The largest absolute Gasteiger partial charge is 0.493 e. The van der Waals surface area contributed by atoms with Crippen LogP contribution in [0.2, 0.25) is 0 Å². The van der Waals surface area contributed by atoms with E-state index in [0.29, 0.717) is 12.5 Å². The Morgan fingerprint density at radius 3 is 2.71 bits per heavy atom. The number of aromatic nitrogens is 1. The number of nitrogens with zero attached hydrogens (tertiary/aromatic N) is 2. The van der Waals surface area contributed by atoms with Gasteiger partial charge in [-0.2, -0.15) is 4.37 Å². The molecular weight excluding hydrogens is 375 g/mol. The first kappa shape index (κ1) is 19.2. The van der Waals surface area contributed by atoms with Gasteiger partial charge in [-0.25, -0.2) is 4.39 Å². The van der Waals surface area contributed by atoms with E-state index in [1.807, 2.05) is 30.3 Å². The van der Waals surface area contributed by atoms with E-state index in [2.05, 4.69) is 9.27 Å². The Morgan fingerprint density at radius 2 is 1.93 bits per heavy atom. The van der Waals surface area contributed by atoms with Crippen molar-refractivity contribution in [1.29, 1.82) is 0 Å². The second-order valence-electron chi connectivity index (χ2n) is 7.18. The molecule has 1 saturated heterocycles. The number of halogens is 1. The highest BCUT2D eigenvalue weighted by Gasteiger charge is 2.24. The Morgan fingerprint density at radius 1 is 1.14 bits per heavy atom. The van der Waals surface area contributed by atoms with Gasteiger partial charge in [0.2, 0.25) is 0 Å². The van der Waals surface area contributed by atoms with E-state index in [1.165, 1.54) is 17.6 Å². The molecule has 148 valence electrons. The van der Waals surface area contributed by atoms with Crippen molar-refractivity contribution in [2.75, 3.05) is 33.4 Å². The summed E-state index contributed by atoms with van der Waals surface area (Å²) >= 11 is 1.41. The van der Waals surface area contributed by atoms with Crippen LogP contribution in [0.25, 0.3) is 10.1 Å². The van der Waals surface area contributed by atoms with Crippen LogP contribution in [-0.2, 0) is 0 Å². The molecule has 0 bridgehead atoms. The van der Waals surface area contributed by atoms with Crippen LogP contribution in [-0.4, -0.2) is 42.6 Å². The van der Waals surface area contributed by atoms with Crippen molar-refractivity contribution in [2.24, 2.45) is 0 Å². The minimum atomic E-state index is -0.187. The molecule has 0 aliphatic carbocycles. The van der Waals surface area contributed by atoms with Crippen molar-refractivity contribution in [3.63, 3.8) is 0 Å². The molecule has 0 amide bonds. The molecule has 28 heavy (non-hydrogen) atoms. The van der Waals surface area contributed by atoms with Crippen molar-refractivity contribution < 1.29 is 13.9 Å². The summed E-state index contributed by atoms with van der Waals surface area (Å²) in [4.78, 5) is 2.50. The third kappa shape index (κ3) is 4.28. The standard InChI is InChI=1S/C22H25FN2O2S/c1-26-19-5-2-3-6-20(19)27-14-4-11-25-12-9-16(10-13-25)22-18-8-7-17(23)15-21(18)28-24-22/h2-3,5-8,15-16H,4,9-14H2,1H3. The van der Waals surface area contributed by atoms with Crippen LogP contribution in [0.5, 0.6) is 11.5 Å². The fourth-order valence-corrected chi connectivity index (χ4v) is 4.74. The summed E-state index contributed by atoms with van der Waals surface area (Å²) in [5.74, 6) is 1.86. The third-order valence-corrected chi connectivity index (χ3v) is 6.20. The monoisotopic (exact) mass is 400 g/mol. The average molecular weight is 401 g/mol. The van der Waals surface area contributed by atoms with Gasteiger partial charge in [-0.05, 0) is 74.2 Å². The molecule has 3 aromatic rings. The van der Waals surface area contributed by atoms with Gasteiger partial charge in [0.1, 0.15) is 5.82 Å². The lowest BCUT2D eigenvalue weighted by Crippen LogP contribution is -2.34. The molecule has 4 rings (SSSR count). The summed E-state index contributed by atoms with van der Waals surface area (Å²) in [5, 5.41) is 1.12. The van der Waals surface area contributed by atoms with Crippen LogP contribution in [0.4, 0.5) is 4.39 Å². The number of ether oxygens (including phenoxy) is 2. The Balaban J connectivity index is 1.24. The first-order valence-electron chi connectivity index (χ1n) is 9.77. The molecular formula is C22H25FN2O2S. The van der Waals surface area contributed by atoms with Gasteiger partial charge in [0, 0.05) is 17.8 Å². The van der Waals surface area contributed by atoms with Gasteiger partial charge < -0.3 is 14.4 Å². The van der Waals surface area contributed by atoms with Crippen molar-refractivity contribution in [1.82, 2.24) is 9.27 Å². The van der Waals surface area contributed by atoms with Crippen molar-refractivity contribution in [3.05, 3.63) is 54.0 Å². The zero-order valence-corrected chi connectivity index (χ0v) is 16.9. The molecule has 1 aliphatic rings. The molecule has 0 radical (unpaired) electrons. The summed E-state index contributed by atoms with van der Waals surface area (Å²) in [6.45, 7) is 3.85. The Kier molecular flexibility index (Phi) is 6.07. The predicted octanol–water partition coefficient (Wildman–Crippen LogP) is 5.09. The highest BCUT2D eigenvalue weighted by Crippen LogP contribution is 2.34. The van der Waals surface area contributed by atoms with E-state index in [1.54, 1.807) is 13.2 Å². The lowest BCUT2D eigenvalue weighted by molar-refractivity contribution is 0.191.